The molecule has 0 aromatic heterocycles. The van der Waals surface area contributed by atoms with Crippen molar-refractivity contribution in [2.75, 3.05) is 40.4 Å². The van der Waals surface area contributed by atoms with Gasteiger partial charge in [-0.15, -0.1) is 0 Å². The fourth-order valence-electron chi connectivity index (χ4n) is 1.61. The summed E-state index contributed by atoms with van der Waals surface area (Å²) in [6.45, 7) is 2.43. The van der Waals surface area contributed by atoms with Gasteiger partial charge in [0, 0.05) is 26.2 Å². The van der Waals surface area contributed by atoms with Crippen molar-refractivity contribution in [1.29, 1.82) is 0 Å². The first-order valence-electron chi connectivity index (χ1n) is 5.81. The highest BCUT2D eigenvalue weighted by atomic mass is 16.5. The Labute approximate surface area is 97.3 Å². The van der Waals surface area contributed by atoms with Crippen molar-refractivity contribution in [2.24, 2.45) is 11.7 Å². The quantitative estimate of drug-likeness (QED) is 0.584. The average Bonchev–Trinajstić information content (AvgIpc) is 2.97. The van der Waals surface area contributed by atoms with Crippen LogP contribution < -0.4 is 11.1 Å². The summed E-state index contributed by atoms with van der Waals surface area (Å²) in [4.78, 5) is 13.4. The van der Waals surface area contributed by atoms with E-state index in [1.807, 2.05) is 11.9 Å². The molecule has 0 saturated heterocycles. The van der Waals surface area contributed by atoms with Gasteiger partial charge in [0.05, 0.1) is 13.2 Å². The van der Waals surface area contributed by atoms with E-state index in [2.05, 4.69) is 5.32 Å². The zero-order chi connectivity index (χ0) is 12.0. The van der Waals surface area contributed by atoms with Gasteiger partial charge in [0.25, 0.3) is 0 Å². The number of carbonyl (C=O) groups excluding carboxylic acids is 1. The Morgan fingerprint density at radius 3 is 2.88 bits per heavy atom. The highest BCUT2D eigenvalue weighted by molar-refractivity contribution is 5.77. The molecular formula is C11H23N3O2. The molecule has 1 aliphatic rings. The molecule has 1 unspecified atom stereocenters. The fraction of sp³-hybridized carbons (Fsp3) is 0.909. The van der Waals surface area contributed by atoms with E-state index in [1.54, 1.807) is 7.11 Å². The first-order valence-corrected chi connectivity index (χ1v) is 5.81. The van der Waals surface area contributed by atoms with E-state index < -0.39 is 0 Å². The lowest BCUT2D eigenvalue weighted by Crippen LogP contribution is -2.43. The first-order chi connectivity index (χ1) is 7.61. The van der Waals surface area contributed by atoms with Gasteiger partial charge in [0.2, 0.25) is 5.91 Å². The number of hydrogen-bond acceptors (Lipinski definition) is 4. The monoisotopic (exact) mass is 229 g/mol. The van der Waals surface area contributed by atoms with Gasteiger partial charge in [-0.25, -0.2) is 0 Å². The highest BCUT2D eigenvalue weighted by Crippen LogP contribution is 2.27. The van der Waals surface area contributed by atoms with Crippen molar-refractivity contribution in [1.82, 2.24) is 10.2 Å². The van der Waals surface area contributed by atoms with Crippen molar-refractivity contribution in [3.05, 3.63) is 0 Å². The molecule has 0 bridgehead atoms. The van der Waals surface area contributed by atoms with Gasteiger partial charge in [-0.1, -0.05) is 0 Å². The molecule has 0 radical (unpaired) electrons. The van der Waals surface area contributed by atoms with Crippen molar-refractivity contribution in [3.8, 4) is 0 Å². The molecule has 0 aromatic rings. The molecule has 1 atom stereocenters. The van der Waals surface area contributed by atoms with Crippen LogP contribution in [0.5, 0.6) is 0 Å². The minimum atomic E-state index is -0.0359. The third-order valence-corrected chi connectivity index (χ3v) is 2.63. The Bertz CT molecular complexity index is 219. The molecule has 0 aromatic carbocycles. The summed E-state index contributed by atoms with van der Waals surface area (Å²) in [5, 5.41) is 2.93. The van der Waals surface area contributed by atoms with Crippen LogP contribution in [0.25, 0.3) is 0 Å². The number of nitrogens with two attached hydrogens (primary N) is 1. The Morgan fingerprint density at radius 2 is 2.31 bits per heavy atom. The second-order valence-electron chi connectivity index (χ2n) is 4.66. The summed E-state index contributed by atoms with van der Waals surface area (Å²) in [5.41, 5.74) is 5.79. The zero-order valence-electron chi connectivity index (χ0n) is 10.2. The van der Waals surface area contributed by atoms with Crippen LogP contribution in [0.3, 0.4) is 0 Å². The maximum atomic E-state index is 11.5. The standard InChI is InChI=1S/C11H23N3O2/c1-14(6-10(12)8-16-2)7-11(15)13-5-9-3-4-9/h9-10H,3-8,12H2,1-2H3,(H,13,15). The highest BCUT2D eigenvalue weighted by Gasteiger charge is 2.21. The number of hydrogen-bond donors (Lipinski definition) is 2. The molecule has 5 heteroatoms. The lowest BCUT2D eigenvalue weighted by atomic mass is 10.3. The summed E-state index contributed by atoms with van der Waals surface area (Å²) in [6, 6.07) is -0.0359. The molecule has 3 N–H and O–H groups in total. The number of likely N-dealkylation sites (N-methyl/N-ethyl adjacent to an activating group) is 1. The molecule has 1 amide bonds. The summed E-state index contributed by atoms with van der Waals surface area (Å²) in [7, 11) is 3.52. The third kappa shape index (κ3) is 6.05. The van der Waals surface area contributed by atoms with E-state index in [-0.39, 0.29) is 11.9 Å². The normalized spacial score (nSPS) is 17.5. The van der Waals surface area contributed by atoms with Gasteiger partial charge in [-0.05, 0) is 25.8 Å². The van der Waals surface area contributed by atoms with Crippen LogP contribution in [0.15, 0.2) is 0 Å². The fourth-order valence-corrected chi connectivity index (χ4v) is 1.61. The number of carbonyl (C=O) groups is 1. The van der Waals surface area contributed by atoms with Crippen LogP contribution in [-0.2, 0) is 9.53 Å². The van der Waals surface area contributed by atoms with Gasteiger partial charge in [0.1, 0.15) is 0 Å². The molecule has 0 aliphatic heterocycles. The van der Waals surface area contributed by atoms with Crippen LogP contribution in [0, 0.1) is 5.92 Å². The second-order valence-corrected chi connectivity index (χ2v) is 4.66. The Kier molecular flexibility index (Phi) is 5.73. The molecule has 5 nitrogen and oxygen atoms in total. The first kappa shape index (κ1) is 13.4. The Hall–Kier alpha value is -0.650. The molecule has 0 heterocycles. The lowest BCUT2D eigenvalue weighted by Gasteiger charge is -2.20. The Balaban J connectivity index is 2.06. The average molecular weight is 229 g/mol. The number of ether oxygens (including phenoxy) is 1. The van der Waals surface area contributed by atoms with E-state index >= 15 is 0 Å². The van der Waals surface area contributed by atoms with E-state index in [0.717, 1.165) is 12.5 Å². The summed E-state index contributed by atoms with van der Waals surface area (Å²) >= 11 is 0. The minimum absolute atomic E-state index is 0.0359. The smallest absolute Gasteiger partial charge is 0.234 e. The summed E-state index contributed by atoms with van der Waals surface area (Å²) < 4.78 is 4.94. The van der Waals surface area contributed by atoms with Crippen LogP contribution in [-0.4, -0.2) is 57.2 Å². The third-order valence-electron chi connectivity index (χ3n) is 2.63. The van der Waals surface area contributed by atoms with Gasteiger partial charge < -0.3 is 15.8 Å². The molecule has 1 fully saturated rings. The number of nitrogens with zero attached hydrogens (tertiary/aromatic N) is 1. The van der Waals surface area contributed by atoms with Crippen LogP contribution >= 0.6 is 0 Å². The molecular weight excluding hydrogens is 206 g/mol. The predicted molar refractivity (Wildman–Crippen MR) is 63.1 cm³/mol. The van der Waals surface area contributed by atoms with Crippen LogP contribution in [0.1, 0.15) is 12.8 Å². The molecule has 16 heavy (non-hydrogen) atoms. The summed E-state index contributed by atoms with van der Waals surface area (Å²) in [5.74, 6) is 0.809. The van der Waals surface area contributed by atoms with E-state index in [0.29, 0.717) is 19.7 Å². The van der Waals surface area contributed by atoms with Gasteiger partial charge in [0.15, 0.2) is 0 Å². The minimum Gasteiger partial charge on any atom is -0.383 e. The van der Waals surface area contributed by atoms with E-state index in [4.69, 9.17) is 10.5 Å². The Morgan fingerprint density at radius 1 is 1.62 bits per heavy atom. The maximum absolute atomic E-state index is 11.5. The predicted octanol–water partition coefficient (Wildman–Crippen LogP) is -0.582. The van der Waals surface area contributed by atoms with E-state index in [1.165, 1.54) is 12.8 Å². The maximum Gasteiger partial charge on any atom is 0.234 e. The zero-order valence-corrected chi connectivity index (χ0v) is 10.2. The molecule has 1 aliphatic carbocycles. The lowest BCUT2D eigenvalue weighted by molar-refractivity contribution is -0.122. The summed E-state index contributed by atoms with van der Waals surface area (Å²) in [6.07, 6.45) is 2.52. The number of methoxy groups -OCH3 is 1. The van der Waals surface area contributed by atoms with E-state index in [9.17, 15) is 4.79 Å². The van der Waals surface area contributed by atoms with Crippen molar-refractivity contribution in [3.63, 3.8) is 0 Å². The van der Waals surface area contributed by atoms with Crippen LogP contribution in [0.4, 0.5) is 0 Å². The number of rotatable bonds is 8. The molecule has 94 valence electrons. The van der Waals surface area contributed by atoms with Crippen molar-refractivity contribution < 1.29 is 9.53 Å². The molecule has 1 rings (SSSR count). The topological polar surface area (TPSA) is 67.6 Å². The number of nitrogens with one attached hydrogen (secondary N) is 1. The van der Waals surface area contributed by atoms with Gasteiger partial charge in [-0.3, -0.25) is 9.69 Å². The van der Waals surface area contributed by atoms with Crippen molar-refractivity contribution >= 4 is 5.91 Å². The van der Waals surface area contributed by atoms with Gasteiger partial charge in [-0.2, -0.15) is 0 Å². The largest absolute Gasteiger partial charge is 0.383 e. The van der Waals surface area contributed by atoms with Crippen LogP contribution in [0.2, 0.25) is 0 Å². The van der Waals surface area contributed by atoms with Gasteiger partial charge >= 0.3 is 0 Å². The molecule has 0 spiro atoms. The number of amides is 1. The van der Waals surface area contributed by atoms with Crippen molar-refractivity contribution in [2.45, 2.75) is 18.9 Å². The molecule has 1 saturated carbocycles. The second kappa shape index (κ2) is 6.83. The SMILES string of the molecule is COCC(N)CN(C)CC(=O)NCC1CC1.